The molecule has 0 fully saturated rings. The van der Waals surface area contributed by atoms with E-state index in [1.54, 1.807) is 7.05 Å². The average Bonchev–Trinajstić information content (AvgIpc) is 3.02. The minimum Gasteiger partial charge on any atom is -0.452 e. The Labute approximate surface area is 142 Å². The van der Waals surface area contributed by atoms with Crippen LogP contribution in [0.1, 0.15) is 38.6 Å². The molecule has 24 heavy (non-hydrogen) atoms. The van der Waals surface area contributed by atoms with Crippen LogP contribution >= 0.6 is 0 Å². The van der Waals surface area contributed by atoms with Gasteiger partial charge in [-0.3, -0.25) is 4.90 Å². The van der Waals surface area contributed by atoms with Crippen molar-refractivity contribution < 1.29 is 13.9 Å². The quantitative estimate of drug-likeness (QED) is 0.870. The molecule has 0 aliphatic rings. The van der Waals surface area contributed by atoms with Crippen LogP contribution in [0.4, 0.5) is 16.2 Å². The first-order valence-corrected chi connectivity index (χ1v) is 7.91. The van der Waals surface area contributed by atoms with E-state index in [1.165, 1.54) is 12.0 Å². The van der Waals surface area contributed by atoms with Gasteiger partial charge in [-0.25, -0.2) is 4.79 Å². The Balaban J connectivity index is 2.00. The summed E-state index contributed by atoms with van der Waals surface area (Å²) < 4.78 is 10.4. The van der Waals surface area contributed by atoms with Gasteiger partial charge in [0.1, 0.15) is 6.04 Å². The van der Waals surface area contributed by atoms with Gasteiger partial charge < -0.3 is 14.5 Å². The summed E-state index contributed by atoms with van der Waals surface area (Å²) in [6, 6.07) is 7.34. The maximum Gasteiger partial charge on any atom is 0.413 e. The van der Waals surface area contributed by atoms with Gasteiger partial charge in [-0.2, -0.15) is 0 Å². The molecule has 1 aromatic carbocycles. The molecule has 130 valence electrons. The Bertz CT molecular complexity index is 667. The first kappa shape index (κ1) is 17.8. The molecule has 2 aromatic rings. The summed E-state index contributed by atoms with van der Waals surface area (Å²) in [5.41, 5.74) is 1.64. The molecule has 0 saturated carbocycles. The fourth-order valence-electron chi connectivity index (χ4n) is 2.21. The summed E-state index contributed by atoms with van der Waals surface area (Å²) in [5.74, 6) is 1.69. The normalized spacial score (nSPS) is 12.1. The summed E-state index contributed by atoms with van der Waals surface area (Å²) >= 11 is 0. The lowest BCUT2D eigenvalue weighted by Crippen LogP contribution is -2.25. The highest BCUT2D eigenvalue weighted by molar-refractivity contribution is 5.87. The van der Waals surface area contributed by atoms with Crippen molar-refractivity contribution in [2.75, 3.05) is 24.4 Å². The number of carbonyl (C=O) groups excluding carboxylic acids is 1. The van der Waals surface area contributed by atoms with Gasteiger partial charge in [0.15, 0.2) is 0 Å². The Morgan fingerprint density at radius 1 is 1.25 bits per heavy atom. The second-order valence-electron chi connectivity index (χ2n) is 6.07. The number of methoxy groups -OCH3 is 1. The standard InChI is InChI=1S/C17H24N4O3/c1-11(2)10-15-19-20-16(24-15)12(3)18-13-6-8-14(9-7-13)21(4)17(22)23-5/h6-9,11-12,18H,10H2,1-5H3. The zero-order valence-electron chi connectivity index (χ0n) is 14.7. The average molecular weight is 332 g/mol. The van der Waals surface area contributed by atoms with Gasteiger partial charge in [0.25, 0.3) is 0 Å². The first-order valence-electron chi connectivity index (χ1n) is 7.91. The van der Waals surface area contributed by atoms with Gasteiger partial charge in [0, 0.05) is 24.8 Å². The lowest BCUT2D eigenvalue weighted by atomic mass is 10.1. The third-order valence-corrected chi connectivity index (χ3v) is 3.52. The van der Waals surface area contributed by atoms with Crippen LogP contribution in [0.5, 0.6) is 0 Å². The highest BCUT2D eigenvalue weighted by atomic mass is 16.5. The van der Waals surface area contributed by atoms with Crippen molar-refractivity contribution in [2.45, 2.75) is 33.2 Å². The Morgan fingerprint density at radius 2 is 1.92 bits per heavy atom. The fourth-order valence-corrected chi connectivity index (χ4v) is 2.21. The van der Waals surface area contributed by atoms with Crippen molar-refractivity contribution in [3.05, 3.63) is 36.0 Å². The molecule has 0 aliphatic heterocycles. The van der Waals surface area contributed by atoms with E-state index in [9.17, 15) is 4.79 Å². The third-order valence-electron chi connectivity index (χ3n) is 3.52. The van der Waals surface area contributed by atoms with Crippen LogP contribution < -0.4 is 10.2 Å². The van der Waals surface area contributed by atoms with E-state index in [4.69, 9.17) is 9.15 Å². The number of hydrogen-bond acceptors (Lipinski definition) is 6. The van der Waals surface area contributed by atoms with Crippen LogP contribution in [0.3, 0.4) is 0 Å². The fraction of sp³-hybridized carbons (Fsp3) is 0.471. The number of amides is 1. The van der Waals surface area contributed by atoms with Crippen molar-refractivity contribution in [1.82, 2.24) is 10.2 Å². The number of nitrogens with zero attached hydrogens (tertiary/aromatic N) is 3. The molecule has 7 nitrogen and oxygen atoms in total. The summed E-state index contributed by atoms with van der Waals surface area (Å²) in [7, 11) is 3.01. The molecule has 0 spiro atoms. The predicted octanol–water partition coefficient (Wildman–Crippen LogP) is 3.64. The van der Waals surface area contributed by atoms with Gasteiger partial charge in [0.2, 0.25) is 11.8 Å². The van der Waals surface area contributed by atoms with Crippen molar-refractivity contribution in [2.24, 2.45) is 5.92 Å². The van der Waals surface area contributed by atoms with Crippen molar-refractivity contribution >= 4 is 17.5 Å². The predicted molar refractivity (Wildman–Crippen MR) is 92.1 cm³/mol. The highest BCUT2D eigenvalue weighted by Crippen LogP contribution is 2.22. The minimum atomic E-state index is -0.410. The lowest BCUT2D eigenvalue weighted by Gasteiger charge is -2.17. The van der Waals surface area contributed by atoms with E-state index in [0.29, 0.717) is 17.7 Å². The number of carbonyl (C=O) groups is 1. The molecule has 1 amide bonds. The summed E-state index contributed by atoms with van der Waals surface area (Å²) in [6.45, 7) is 6.18. The molecule has 0 aliphatic carbocycles. The molecule has 1 N–H and O–H groups in total. The number of nitrogens with one attached hydrogen (secondary N) is 1. The lowest BCUT2D eigenvalue weighted by molar-refractivity contribution is 0.180. The van der Waals surface area contributed by atoms with Crippen LogP contribution in [0.25, 0.3) is 0 Å². The highest BCUT2D eigenvalue weighted by Gasteiger charge is 2.15. The number of rotatable bonds is 6. The van der Waals surface area contributed by atoms with Gasteiger partial charge in [-0.05, 0) is 37.1 Å². The van der Waals surface area contributed by atoms with Crippen LogP contribution in [-0.4, -0.2) is 30.4 Å². The van der Waals surface area contributed by atoms with E-state index in [1.807, 2.05) is 31.2 Å². The van der Waals surface area contributed by atoms with Crippen LogP contribution in [-0.2, 0) is 11.2 Å². The molecule has 7 heteroatoms. The Hall–Kier alpha value is -2.57. The number of anilines is 2. The third kappa shape index (κ3) is 4.47. The SMILES string of the molecule is COC(=O)N(C)c1ccc(NC(C)c2nnc(CC(C)C)o2)cc1. The molecule has 0 radical (unpaired) electrons. The number of ether oxygens (including phenoxy) is 1. The largest absolute Gasteiger partial charge is 0.452 e. The van der Waals surface area contributed by atoms with Crippen LogP contribution in [0.2, 0.25) is 0 Å². The Morgan fingerprint density at radius 3 is 2.50 bits per heavy atom. The van der Waals surface area contributed by atoms with Gasteiger partial charge in [-0.15, -0.1) is 10.2 Å². The van der Waals surface area contributed by atoms with E-state index in [0.717, 1.165) is 17.8 Å². The molecule has 2 rings (SSSR count). The monoisotopic (exact) mass is 332 g/mol. The number of hydrogen-bond donors (Lipinski definition) is 1. The molecular formula is C17H24N4O3. The van der Waals surface area contributed by atoms with Crippen LogP contribution in [0.15, 0.2) is 28.7 Å². The van der Waals surface area contributed by atoms with E-state index in [-0.39, 0.29) is 6.04 Å². The first-order chi connectivity index (χ1) is 11.4. The second-order valence-corrected chi connectivity index (χ2v) is 6.07. The number of aromatic nitrogens is 2. The maximum absolute atomic E-state index is 11.5. The van der Waals surface area contributed by atoms with E-state index >= 15 is 0 Å². The van der Waals surface area contributed by atoms with Crippen LogP contribution in [0, 0.1) is 5.92 Å². The van der Waals surface area contributed by atoms with Crippen molar-refractivity contribution in [3.63, 3.8) is 0 Å². The van der Waals surface area contributed by atoms with Crippen molar-refractivity contribution in [1.29, 1.82) is 0 Å². The topological polar surface area (TPSA) is 80.5 Å². The molecule has 0 saturated heterocycles. The zero-order chi connectivity index (χ0) is 17.7. The molecule has 1 aromatic heterocycles. The zero-order valence-corrected chi connectivity index (χ0v) is 14.7. The van der Waals surface area contributed by atoms with Crippen molar-refractivity contribution in [3.8, 4) is 0 Å². The minimum absolute atomic E-state index is 0.109. The molecule has 1 heterocycles. The van der Waals surface area contributed by atoms with Gasteiger partial charge in [0.05, 0.1) is 7.11 Å². The summed E-state index contributed by atoms with van der Waals surface area (Å²) in [6.07, 6.45) is 0.362. The maximum atomic E-state index is 11.5. The molecular weight excluding hydrogens is 308 g/mol. The van der Waals surface area contributed by atoms with Gasteiger partial charge >= 0.3 is 6.09 Å². The Kier molecular flexibility index (Phi) is 5.78. The summed E-state index contributed by atoms with van der Waals surface area (Å²) in [4.78, 5) is 12.9. The second kappa shape index (κ2) is 7.81. The molecule has 1 unspecified atom stereocenters. The smallest absolute Gasteiger partial charge is 0.413 e. The number of benzene rings is 1. The van der Waals surface area contributed by atoms with E-state index in [2.05, 4.69) is 29.4 Å². The summed E-state index contributed by atoms with van der Waals surface area (Å²) in [5, 5.41) is 11.5. The van der Waals surface area contributed by atoms with E-state index < -0.39 is 6.09 Å². The van der Waals surface area contributed by atoms with Gasteiger partial charge in [-0.1, -0.05) is 13.8 Å². The molecule has 0 bridgehead atoms. The molecule has 1 atom stereocenters.